The monoisotopic (exact) mass is 495 g/mol. The van der Waals surface area contributed by atoms with Crippen molar-refractivity contribution in [3.8, 4) is 0 Å². The molecular weight excluding hydrogens is 466 g/mol. The zero-order chi connectivity index (χ0) is 24.4. The average molecular weight is 496 g/mol. The number of likely N-dealkylation sites (tertiary alicyclic amines) is 1. The third kappa shape index (κ3) is 5.46. The smallest absolute Gasteiger partial charge is 0.230 e. The fourth-order valence-corrected chi connectivity index (χ4v) is 4.96. The van der Waals surface area contributed by atoms with E-state index in [1.165, 1.54) is 0 Å². The van der Waals surface area contributed by atoms with Crippen molar-refractivity contribution < 1.29 is 9.90 Å². The Morgan fingerprint density at radius 3 is 2.60 bits per heavy atom. The predicted octanol–water partition coefficient (Wildman–Crippen LogP) is 3.46. The lowest BCUT2D eigenvalue weighted by Crippen LogP contribution is -2.54. The summed E-state index contributed by atoms with van der Waals surface area (Å²) in [6, 6.07) is 6.31. The first-order chi connectivity index (χ1) is 17.0. The van der Waals surface area contributed by atoms with Crippen molar-refractivity contribution in [2.24, 2.45) is 5.92 Å². The Labute approximate surface area is 209 Å². The first kappa shape index (κ1) is 23.7. The maximum absolute atomic E-state index is 12.4. The molecule has 1 amide bonds. The molecule has 1 aliphatic heterocycles. The van der Waals surface area contributed by atoms with Gasteiger partial charge in [0.25, 0.3) is 0 Å². The number of amides is 1. The summed E-state index contributed by atoms with van der Waals surface area (Å²) in [4.78, 5) is 31.7. The lowest BCUT2D eigenvalue weighted by Gasteiger charge is -2.37. The molecule has 3 N–H and O–H groups in total. The molecule has 2 aliphatic rings. The number of hydrogen-bond donors (Lipinski definition) is 3. The summed E-state index contributed by atoms with van der Waals surface area (Å²) in [5.74, 6) is 1.66. The zero-order valence-corrected chi connectivity index (χ0v) is 20.4. The van der Waals surface area contributed by atoms with Gasteiger partial charge in [0.05, 0.1) is 12.0 Å². The summed E-state index contributed by atoms with van der Waals surface area (Å²) in [6.07, 6.45) is 9.07. The molecule has 0 aromatic carbocycles. The van der Waals surface area contributed by atoms with E-state index in [4.69, 9.17) is 11.6 Å². The summed E-state index contributed by atoms with van der Waals surface area (Å²) in [5, 5.41) is 17.7. The molecule has 35 heavy (non-hydrogen) atoms. The van der Waals surface area contributed by atoms with Crippen LogP contribution >= 0.6 is 11.6 Å². The van der Waals surface area contributed by atoms with Gasteiger partial charge in [-0.25, -0.2) is 19.9 Å². The quantitative estimate of drug-likeness (QED) is 0.427. The first-order valence-corrected chi connectivity index (χ1v) is 12.5. The highest BCUT2D eigenvalue weighted by Crippen LogP contribution is 2.28. The van der Waals surface area contributed by atoms with Gasteiger partial charge in [-0.05, 0) is 56.7 Å². The molecule has 2 fully saturated rings. The number of aliphatic hydroxyl groups is 1. The molecule has 1 atom stereocenters. The van der Waals surface area contributed by atoms with Crippen LogP contribution in [-0.2, 0) is 4.79 Å². The van der Waals surface area contributed by atoms with E-state index in [1.54, 1.807) is 23.5 Å². The second-order valence-electron chi connectivity index (χ2n) is 9.57. The molecule has 4 heterocycles. The van der Waals surface area contributed by atoms with Crippen LogP contribution in [0.2, 0.25) is 5.15 Å². The number of hydrogen-bond acceptors (Lipinski definition) is 8. The van der Waals surface area contributed by atoms with Crippen LogP contribution in [0.3, 0.4) is 0 Å². The summed E-state index contributed by atoms with van der Waals surface area (Å²) < 4.78 is 0. The van der Waals surface area contributed by atoms with Gasteiger partial charge in [-0.1, -0.05) is 11.6 Å². The Morgan fingerprint density at radius 2 is 1.89 bits per heavy atom. The number of carbonyl (C=O) groups is 1. The van der Waals surface area contributed by atoms with Crippen LogP contribution in [0.1, 0.15) is 44.1 Å². The molecule has 1 unspecified atom stereocenters. The van der Waals surface area contributed by atoms with Gasteiger partial charge >= 0.3 is 0 Å². The van der Waals surface area contributed by atoms with E-state index in [-0.39, 0.29) is 11.8 Å². The second kappa shape index (κ2) is 10.3. The molecule has 1 aliphatic carbocycles. The van der Waals surface area contributed by atoms with Crippen LogP contribution in [0.15, 0.2) is 36.8 Å². The maximum Gasteiger partial charge on any atom is 0.230 e. The van der Waals surface area contributed by atoms with Crippen LogP contribution < -0.4 is 10.6 Å². The fourth-order valence-electron chi connectivity index (χ4n) is 4.75. The highest BCUT2D eigenvalue weighted by Gasteiger charge is 2.32. The largest absolute Gasteiger partial charge is 0.389 e. The number of halogens is 1. The SMILES string of the molecule is CC(C(=O)N1CC(O)C1)c1cnc(NCC2CCC(Nc3ccc4ccnc(Cl)c4n3)CC2)nc1. The topological polar surface area (TPSA) is 116 Å². The zero-order valence-electron chi connectivity index (χ0n) is 19.7. The minimum absolute atomic E-state index is 0.00336. The van der Waals surface area contributed by atoms with Gasteiger partial charge in [0, 0.05) is 55.2 Å². The summed E-state index contributed by atoms with van der Waals surface area (Å²) in [7, 11) is 0. The predicted molar refractivity (Wildman–Crippen MR) is 135 cm³/mol. The number of rotatable bonds is 7. The third-order valence-electron chi connectivity index (χ3n) is 7.03. The normalized spacial score (nSPS) is 21.4. The van der Waals surface area contributed by atoms with Gasteiger partial charge in [0.15, 0.2) is 5.15 Å². The molecule has 3 aromatic heterocycles. The van der Waals surface area contributed by atoms with Crippen LogP contribution in [0, 0.1) is 5.92 Å². The Kier molecular flexibility index (Phi) is 6.97. The lowest BCUT2D eigenvalue weighted by atomic mass is 9.86. The molecule has 9 nitrogen and oxygen atoms in total. The molecular formula is C25H30ClN7O2. The fraction of sp³-hybridized carbons (Fsp3) is 0.480. The molecule has 3 aromatic rings. The highest BCUT2D eigenvalue weighted by atomic mass is 35.5. The van der Waals surface area contributed by atoms with Crippen LogP contribution in [0.25, 0.3) is 10.9 Å². The number of nitrogens with one attached hydrogen (secondary N) is 2. The van der Waals surface area contributed by atoms with E-state index in [9.17, 15) is 9.90 Å². The molecule has 1 saturated carbocycles. The molecule has 1 saturated heterocycles. The van der Waals surface area contributed by atoms with Gasteiger partial charge in [-0.3, -0.25) is 4.79 Å². The van der Waals surface area contributed by atoms with Crippen molar-refractivity contribution in [3.05, 3.63) is 47.5 Å². The van der Waals surface area contributed by atoms with Gasteiger partial charge in [0.2, 0.25) is 11.9 Å². The molecule has 0 bridgehead atoms. The number of aromatic nitrogens is 4. The highest BCUT2D eigenvalue weighted by molar-refractivity contribution is 6.33. The Bertz CT molecular complexity index is 1180. The number of nitrogens with zero attached hydrogens (tertiary/aromatic N) is 5. The molecule has 0 radical (unpaired) electrons. The minimum atomic E-state index is -0.396. The lowest BCUT2D eigenvalue weighted by molar-refractivity contribution is -0.142. The van der Waals surface area contributed by atoms with E-state index >= 15 is 0 Å². The van der Waals surface area contributed by atoms with Gasteiger partial charge in [-0.2, -0.15) is 0 Å². The Hall–Kier alpha value is -3.04. The van der Waals surface area contributed by atoms with E-state index < -0.39 is 6.10 Å². The van der Waals surface area contributed by atoms with Crippen molar-refractivity contribution in [3.63, 3.8) is 0 Å². The average Bonchev–Trinajstić information content (AvgIpc) is 2.86. The number of aliphatic hydroxyl groups excluding tert-OH is 1. The third-order valence-corrected chi connectivity index (χ3v) is 7.30. The van der Waals surface area contributed by atoms with Crippen molar-refractivity contribution >= 4 is 40.2 Å². The number of carbonyl (C=O) groups excluding carboxylic acids is 1. The van der Waals surface area contributed by atoms with Crippen molar-refractivity contribution in [1.29, 1.82) is 0 Å². The minimum Gasteiger partial charge on any atom is -0.389 e. The molecule has 0 spiro atoms. The molecule has 10 heteroatoms. The number of β-amino-alcohol motifs (C(OH)–C–C–N with tert-alkyl or cyclic N) is 1. The standard InChI is InChI=1S/C25H30ClN7O2/c1-15(24(35)33-13-20(34)14-33)18-11-29-25(30-12-18)28-10-16-2-5-19(6-3-16)31-21-7-4-17-8-9-27-23(26)22(17)32-21/h4,7-9,11-12,15-16,19-20,34H,2-3,5-6,10,13-14H2,1H3,(H,31,32)(H,28,29,30). The van der Waals surface area contributed by atoms with Crippen molar-refractivity contribution in [1.82, 2.24) is 24.8 Å². The Morgan fingerprint density at radius 1 is 1.14 bits per heavy atom. The first-order valence-electron chi connectivity index (χ1n) is 12.2. The summed E-state index contributed by atoms with van der Waals surface area (Å²) >= 11 is 6.20. The van der Waals surface area contributed by atoms with E-state index in [0.717, 1.165) is 54.5 Å². The van der Waals surface area contributed by atoms with Crippen molar-refractivity contribution in [2.75, 3.05) is 30.3 Å². The summed E-state index contributed by atoms with van der Waals surface area (Å²) in [6.45, 7) is 3.49. The van der Waals surface area contributed by atoms with Crippen LogP contribution in [0.5, 0.6) is 0 Å². The second-order valence-corrected chi connectivity index (χ2v) is 9.93. The van der Waals surface area contributed by atoms with Crippen LogP contribution in [-0.4, -0.2) is 67.6 Å². The van der Waals surface area contributed by atoms with Crippen molar-refractivity contribution in [2.45, 2.75) is 50.7 Å². The summed E-state index contributed by atoms with van der Waals surface area (Å²) in [5.41, 5.74) is 1.51. The maximum atomic E-state index is 12.4. The Balaban J connectivity index is 1.07. The number of fused-ring (bicyclic) bond motifs is 1. The van der Waals surface area contributed by atoms with Gasteiger partial charge < -0.3 is 20.6 Å². The van der Waals surface area contributed by atoms with E-state index in [0.29, 0.717) is 36.2 Å². The number of anilines is 2. The number of pyridine rings is 2. The van der Waals surface area contributed by atoms with Gasteiger partial charge in [-0.15, -0.1) is 0 Å². The molecule has 184 valence electrons. The van der Waals surface area contributed by atoms with Crippen LogP contribution in [0.4, 0.5) is 11.8 Å². The molecule has 5 rings (SSSR count). The van der Waals surface area contributed by atoms with Gasteiger partial charge in [0.1, 0.15) is 11.3 Å². The van der Waals surface area contributed by atoms with E-state index in [1.807, 2.05) is 25.1 Å². The van der Waals surface area contributed by atoms with E-state index in [2.05, 4.69) is 30.6 Å².